The number of esters is 1. The van der Waals surface area contributed by atoms with Gasteiger partial charge in [0.05, 0.1) is 34.5 Å². The van der Waals surface area contributed by atoms with Crippen molar-refractivity contribution in [2.24, 2.45) is 0 Å². The van der Waals surface area contributed by atoms with Crippen molar-refractivity contribution in [1.82, 2.24) is 9.97 Å². The Bertz CT molecular complexity index is 1470. The fraction of sp³-hybridized carbons (Fsp3) is 0.258. The quantitative estimate of drug-likeness (QED) is 0.182. The first kappa shape index (κ1) is 38.4. The van der Waals surface area contributed by atoms with Crippen molar-refractivity contribution in [3.63, 3.8) is 0 Å². The molecular weight excluding hydrogens is 578 g/mol. The van der Waals surface area contributed by atoms with E-state index in [1.807, 2.05) is 60.7 Å². The molecule has 2 heterocycles. The molecule has 0 saturated carbocycles. The van der Waals surface area contributed by atoms with Gasteiger partial charge in [-0.15, -0.1) is 0 Å². The third-order valence-electron chi connectivity index (χ3n) is 5.65. The van der Waals surface area contributed by atoms with Gasteiger partial charge >= 0.3 is 24.8 Å². The molecule has 13 heteroatoms. The number of oxazole rings is 2. The Morgan fingerprint density at radius 1 is 0.750 bits per heavy atom. The van der Waals surface area contributed by atoms with Crippen molar-refractivity contribution >= 4 is 47.6 Å². The standard InChI is InChI=1S/C16H17NO5.C15H17NO4.Al.Li.4H/c1-19-10-13-15(16(18)21-3)22-14(17-13)9-6-11-4-7-12(20-2)8-5-11;1-18-10-13-14(9-17)20-15(16-13)8-5-11-3-6-12(19-2)7-4-11;;;;;;/h4-9H,10H2,1-3H3;3-8,17H,9-10H2,1-2H3;;;;;;/q;;;+1;;;;-1/b9-6+;8-5+;;;;;;. The zero-order chi connectivity index (χ0) is 30.3. The van der Waals surface area contributed by atoms with Gasteiger partial charge in [0.2, 0.25) is 17.5 Å². The molecule has 0 spiro atoms. The Balaban J connectivity index is 0.000000810. The summed E-state index contributed by atoms with van der Waals surface area (Å²) in [7, 11) is 7.62. The molecule has 0 saturated heterocycles. The minimum atomic E-state index is -0.580. The molecule has 0 radical (unpaired) electrons. The van der Waals surface area contributed by atoms with Crippen LogP contribution in [0.4, 0.5) is 0 Å². The number of hydrogen-bond donors (Lipinski definition) is 1. The predicted molar refractivity (Wildman–Crippen MR) is 167 cm³/mol. The monoisotopic (exact) mass is 616 g/mol. The van der Waals surface area contributed by atoms with Crippen molar-refractivity contribution < 1.29 is 62.7 Å². The number of carbonyl (C=O) groups excluding carboxylic acids is 1. The van der Waals surface area contributed by atoms with Crippen molar-refractivity contribution in [2.45, 2.75) is 19.8 Å². The number of methoxy groups -OCH3 is 5. The van der Waals surface area contributed by atoms with E-state index in [2.05, 4.69) is 14.7 Å². The third kappa shape index (κ3) is 11.5. The third-order valence-corrected chi connectivity index (χ3v) is 5.65. The number of hydrogen-bond acceptors (Lipinski definition) is 11. The van der Waals surface area contributed by atoms with Gasteiger partial charge in [0.25, 0.3) is 0 Å². The molecule has 2 aromatic heterocycles. The van der Waals surface area contributed by atoms with E-state index in [0.717, 1.165) is 22.6 Å². The summed E-state index contributed by atoms with van der Waals surface area (Å²) in [6.07, 6.45) is 7.12. The molecule has 2 aromatic carbocycles. The van der Waals surface area contributed by atoms with Crippen molar-refractivity contribution in [3.8, 4) is 11.5 Å². The van der Waals surface area contributed by atoms with Gasteiger partial charge in [-0.3, -0.25) is 0 Å². The maximum Gasteiger partial charge on any atom is 1.00 e. The van der Waals surface area contributed by atoms with Crippen LogP contribution in [0.1, 0.15) is 52.0 Å². The van der Waals surface area contributed by atoms with Crippen LogP contribution >= 0.6 is 0 Å². The van der Waals surface area contributed by atoms with Crippen LogP contribution in [0.3, 0.4) is 0 Å². The molecule has 230 valence electrons. The number of aromatic nitrogens is 2. The summed E-state index contributed by atoms with van der Waals surface area (Å²) in [5.41, 5.74) is 2.97. The van der Waals surface area contributed by atoms with Gasteiger partial charge in [0, 0.05) is 26.4 Å². The molecule has 1 N–H and O–H groups in total. The van der Waals surface area contributed by atoms with Crippen LogP contribution < -0.4 is 28.3 Å². The van der Waals surface area contributed by atoms with Crippen LogP contribution in [-0.4, -0.2) is 74.0 Å². The molecule has 44 heavy (non-hydrogen) atoms. The first-order chi connectivity index (χ1) is 20.4. The summed E-state index contributed by atoms with van der Waals surface area (Å²) in [6, 6.07) is 15.1. The van der Waals surface area contributed by atoms with E-state index in [9.17, 15) is 9.90 Å². The number of rotatable bonds is 12. The van der Waals surface area contributed by atoms with Crippen molar-refractivity contribution in [1.29, 1.82) is 0 Å². The smallest absolute Gasteiger partial charge is 1.00 e. The summed E-state index contributed by atoms with van der Waals surface area (Å²) in [5, 5.41) is 9.17. The molecular formula is C31H38AlLiN2O9. The normalized spacial score (nSPS) is 10.5. The first-order valence-electron chi connectivity index (χ1n) is 12.7. The molecule has 0 aliphatic carbocycles. The summed E-state index contributed by atoms with van der Waals surface area (Å²) in [6.45, 7) is 0.294. The Hall–Kier alpha value is -3.58. The number of ether oxygens (including phenoxy) is 5. The van der Waals surface area contributed by atoms with Gasteiger partial charge < -0.3 is 39.1 Å². The minimum absolute atomic E-state index is 0. The maximum absolute atomic E-state index is 11.6. The van der Waals surface area contributed by atoms with Crippen molar-refractivity contribution in [3.05, 3.63) is 94.3 Å². The molecule has 4 rings (SSSR count). The van der Waals surface area contributed by atoms with Crippen LogP contribution in [0.25, 0.3) is 24.3 Å². The van der Waals surface area contributed by atoms with Gasteiger partial charge in [-0.1, -0.05) is 24.3 Å². The Kier molecular flexibility index (Phi) is 17.8. The van der Waals surface area contributed by atoms with Crippen LogP contribution in [0, 0.1) is 0 Å². The maximum atomic E-state index is 11.6. The van der Waals surface area contributed by atoms with E-state index in [1.165, 1.54) is 14.2 Å². The number of benzene rings is 2. The van der Waals surface area contributed by atoms with Crippen LogP contribution in [0.2, 0.25) is 0 Å². The summed E-state index contributed by atoms with van der Waals surface area (Å²) < 4.78 is 35.7. The van der Waals surface area contributed by atoms with E-state index in [-0.39, 0.29) is 56.6 Å². The van der Waals surface area contributed by atoms with Crippen LogP contribution in [0.5, 0.6) is 11.5 Å². The minimum Gasteiger partial charge on any atom is -1.00 e. The Labute approximate surface area is 280 Å². The molecule has 0 aliphatic rings. The SMILES string of the molecule is COCc1nc(/C=C/c2ccc(OC)cc2)oc1C(=O)OC.COCc1nc(/C=C/c2ccc(OC)cc2)oc1CO.[AlH3].[H-].[Li+]. The molecule has 0 unspecified atom stereocenters. The Morgan fingerprint density at radius 2 is 1.20 bits per heavy atom. The molecule has 11 nitrogen and oxygen atoms in total. The second-order valence-electron chi connectivity index (χ2n) is 8.48. The van der Waals surface area contributed by atoms with E-state index in [4.69, 9.17) is 27.8 Å². The fourth-order valence-corrected chi connectivity index (χ4v) is 3.54. The summed E-state index contributed by atoms with van der Waals surface area (Å²) >= 11 is 0. The average molecular weight is 617 g/mol. The molecule has 0 bridgehead atoms. The van der Waals surface area contributed by atoms with E-state index in [1.54, 1.807) is 33.5 Å². The number of aliphatic hydroxyl groups is 1. The molecule has 0 aliphatic heterocycles. The van der Waals surface area contributed by atoms with Gasteiger partial charge in [-0.2, -0.15) is 0 Å². The predicted octanol–water partition coefficient (Wildman–Crippen LogP) is 1.21. The second-order valence-corrected chi connectivity index (χ2v) is 8.48. The van der Waals surface area contributed by atoms with Gasteiger partial charge in [0.1, 0.15) is 29.5 Å². The number of carbonyl (C=O) groups is 1. The number of nitrogens with zero attached hydrogens (tertiary/aromatic N) is 2. The molecule has 0 fully saturated rings. The molecule has 0 amide bonds. The average Bonchev–Trinajstić information content (AvgIpc) is 3.63. The molecule has 4 aromatic rings. The van der Waals surface area contributed by atoms with E-state index >= 15 is 0 Å². The zero-order valence-electron chi connectivity index (χ0n) is 26.2. The topological polar surface area (TPSA) is 136 Å². The van der Waals surface area contributed by atoms with Crippen LogP contribution in [0.15, 0.2) is 57.4 Å². The first-order valence-corrected chi connectivity index (χ1v) is 12.7. The second kappa shape index (κ2) is 20.4. The largest absolute Gasteiger partial charge is 1.00 e. The van der Waals surface area contributed by atoms with E-state index in [0.29, 0.717) is 35.5 Å². The van der Waals surface area contributed by atoms with E-state index < -0.39 is 5.97 Å². The molecule has 0 atom stereocenters. The fourth-order valence-electron chi connectivity index (χ4n) is 3.54. The number of aliphatic hydroxyl groups excluding tert-OH is 1. The van der Waals surface area contributed by atoms with Gasteiger partial charge in [-0.25, -0.2) is 14.8 Å². The van der Waals surface area contributed by atoms with Crippen molar-refractivity contribution in [2.75, 3.05) is 35.5 Å². The Morgan fingerprint density at radius 3 is 1.64 bits per heavy atom. The van der Waals surface area contributed by atoms with Gasteiger partial charge in [-0.05, 0) is 47.5 Å². The van der Waals surface area contributed by atoms with Gasteiger partial charge in [0.15, 0.2) is 23.1 Å². The van der Waals surface area contributed by atoms with Crippen LogP contribution in [-0.2, 0) is 34.0 Å². The summed E-state index contributed by atoms with van der Waals surface area (Å²) in [4.78, 5) is 20.1. The zero-order valence-corrected chi connectivity index (χ0v) is 25.2. The summed E-state index contributed by atoms with van der Waals surface area (Å²) in [5.74, 6) is 2.25.